The van der Waals surface area contributed by atoms with Crippen LogP contribution in [0.4, 0.5) is 5.69 Å². The fourth-order valence-corrected chi connectivity index (χ4v) is 4.01. The largest absolute Gasteiger partial charge is 0.481 e. The summed E-state index contributed by atoms with van der Waals surface area (Å²) in [6.07, 6.45) is 2.12. The second-order valence-corrected chi connectivity index (χ2v) is 8.55. The number of ether oxygens (including phenoxy) is 2. The predicted molar refractivity (Wildman–Crippen MR) is 109 cm³/mol. The third-order valence-electron chi connectivity index (χ3n) is 5.06. The van der Waals surface area contributed by atoms with Gasteiger partial charge >= 0.3 is 5.97 Å². The van der Waals surface area contributed by atoms with Crippen LogP contribution in [0.5, 0.6) is 0 Å². The molecule has 0 spiro atoms. The number of pyridine rings is 1. The van der Waals surface area contributed by atoms with Crippen LogP contribution in [0.1, 0.15) is 50.6 Å². The third kappa shape index (κ3) is 6.16. The van der Waals surface area contributed by atoms with Crippen molar-refractivity contribution in [3.63, 3.8) is 0 Å². The van der Waals surface area contributed by atoms with E-state index in [0.717, 1.165) is 53.0 Å². The number of halogens is 1. The molecule has 0 radical (unpaired) electrons. The normalized spacial score (nSPS) is 16.6. The molecule has 1 aliphatic rings. The van der Waals surface area contributed by atoms with Crippen LogP contribution < -0.4 is 4.90 Å². The first-order valence-corrected chi connectivity index (χ1v) is 10.3. The summed E-state index contributed by atoms with van der Waals surface area (Å²) in [6, 6.07) is 0. The number of aryl methyl sites for hydroxylation is 1. The highest BCUT2D eigenvalue weighted by Gasteiger charge is 2.29. The van der Waals surface area contributed by atoms with E-state index in [1.165, 1.54) is 0 Å². The zero-order valence-electron chi connectivity index (χ0n) is 16.8. The standard InChI is InChI=1S/C20H31BrN2O4/c1-5-26-10-11-27-13-16-18(21)19(15(12-17(24)25)14(2)22-16)23-8-6-20(3,4)7-9-23/h5-13H2,1-4H3,(H,24,25). The Bertz CT molecular complexity index is 654. The summed E-state index contributed by atoms with van der Waals surface area (Å²) in [4.78, 5) is 18.4. The van der Waals surface area contributed by atoms with Gasteiger partial charge in [-0.2, -0.15) is 0 Å². The van der Waals surface area contributed by atoms with Crippen molar-refractivity contribution in [2.75, 3.05) is 37.8 Å². The highest BCUT2D eigenvalue weighted by molar-refractivity contribution is 9.10. The van der Waals surface area contributed by atoms with E-state index in [-0.39, 0.29) is 6.42 Å². The van der Waals surface area contributed by atoms with Gasteiger partial charge in [-0.25, -0.2) is 0 Å². The van der Waals surface area contributed by atoms with E-state index in [4.69, 9.17) is 9.47 Å². The molecule has 27 heavy (non-hydrogen) atoms. The van der Waals surface area contributed by atoms with Crippen LogP contribution in [0.3, 0.4) is 0 Å². The summed E-state index contributed by atoms with van der Waals surface area (Å²) in [6.45, 7) is 12.3. The Morgan fingerprint density at radius 3 is 2.48 bits per heavy atom. The Balaban J connectivity index is 2.28. The lowest BCUT2D eigenvalue weighted by molar-refractivity contribution is -0.136. The van der Waals surface area contributed by atoms with Crippen LogP contribution in [0.25, 0.3) is 0 Å². The number of aromatic nitrogens is 1. The van der Waals surface area contributed by atoms with Crippen molar-refractivity contribution in [1.82, 2.24) is 4.98 Å². The number of carboxylic acids is 1. The highest BCUT2D eigenvalue weighted by Crippen LogP contribution is 2.39. The zero-order chi connectivity index (χ0) is 20.0. The average Bonchev–Trinajstić information content (AvgIpc) is 2.59. The van der Waals surface area contributed by atoms with Crippen LogP contribution in [0, 0.1) is 12.3 Å². The van der Waals surface area contributed by atoms with Crippen molar-refractivity contribution < 1.29 is 19.4 Å². The van der Waals surface area contributed by atoms with E-state index in [1.54, 1.807) is 0 Å². The van der Waals surface area contributed by atoms with E-state index in [9.17, 15) is 9.90 Å². The zero-order valence-corrected chi connectivity index (χ0v) is 18.4. The molecular formula is C20H31BrN2O4. The molecule has 1 aromatic heterocycles. The quantitative estimate of drug-likeness (QED) is 0.583. The predicted octanol–water partition coefficient (Wildman–Crippen LogP) is 3.96. The second-order valence-electron chi connectivity index (χ2n) is 7.76. The van der Waals surface area contributed by atoms with Gasteiger partial charge in [0.15, 0.2) is 0 Å². The van der Waals surface area contributed by atoms with Gasteiger partial charge in [0.2, 0.25) is 0 Å². The summed E-state index contributed by atoms with van der Waals surface area (Å²) < 4.78 is 11.8. The van der Waals surface area contributed by atoms with Crippen molar-refractivity contribution in [3.8, 4) is 0 Å². The van der Waals surface area contributed by atoms with E-state index in [2.05, 4.69) is 39.7 Å². The van der Waals surface area contributed by atoms with Gasteiger partial charge in [-0.15, -0.1) is 0 Å². The Morgan fingerprint density at radius 2 is 1.89 bits per heavy atom. The van der Waals surface area contributed by atoms with Crippen molar-refractivity contribution in [2.24, 2.45) is 5.41 Å². The maximum absolute atomic E-state index is 11.4. The summed E-state index contributed by atoms with van der Waals surface area (Å²) in [5.41, 5.74) is 3.63. The number of hydrogen-bond donors (Lipinski definition) is 1. The minimum atomic E-state index is -0.842. The SMILES string of the molecule is CCOCCOCc1nc(C)c(CC(=O)O)c(N2CCC(C)(C)CC2)c1Br. The molecule has 6 nitrogen and oxygen atoms in total. The van der Waals surface area contributed by atoms with Crippen molar-refractivity contribution in [3.05, 3.63) is 21.4 Å². The van der Waals surface area contributed by atoms with E-state index in [0.29, 0.717) is 31.8 Å². The number of aliphatic carboxylic acids is 1. The number of rotatable bonds is 9. The first-order valence-electron chi connectivity index (χ1n) is 9.55. The van der Waals surface area contributed by atoms with E-state index < -0.39 is 5.97 Å². The van der Waals surface area contributed by atoms with Gasteiger partial charge in [-0.1, -0.05) is 13.8 Å². The minimum Gasteiger partial charge on any atom is -0.481 e. The number of hydrogen-bond acceptors (Lipinski definition) is 5. The topological polar surface area (TPSA) is 71.9 Å². The maximum Gasteiger partial charge on any atom is 0.307 e. The molecule has 152 valence electrons. The Labute approximate surface area is 170 Å². The molecule has 7 heteroatoms. The average molecular weight is 443 g/mol. The fraction of sp³-hybridized carbons (Fsp3) is 0.700. The second kappa shape index (κ2) is 9.85. The molecule has 2 heterocycles. The maximum atomic E-state index is 11.4. The number of carboxylic acid groups (broad SMARTS) is 1. The smallest absolute Gasteiger partial charge is 0.307 e. The van der Waals surface area contributed by atoms with Gasteiger partial charge in [0.05, 0.1) is 42.1 Å². The molecule has 0 atom stereocenters. The monoisotopic (exact) mass is 442 g/mol. The van der Waals surface area contributed by atoms with Crippen LogP contribution in [0.2, 0.25) is 0 Å². The third-order valence-corrected chi connectivity index (χ3v) is 5.90. The lowest BCUT2D eigenvalue weighted by Crippen LogP contribution is -2.38. The van der Waals surface area contributed by atoms with Crippen molar-refractivity contribution in [1.29, 1.82) is 0 Å². The van der Waals surface area contributed by atoms with Crippen LogP contribution in [-0.2, 0) is 27.3 Å². The molecule has 1 N–H and O–H groups in total. The van der Waals surface area contributed by atoms with Crippen LogP contribution in [-0.4, -0.2) is 49.0 Å². The van der Waals surface area contributed by atoms with Crippen LogP contribution >= 0.6 is 15.9 Å². The molecule has 0 aromatic carbocycles. The van der Waals surface area contributed by atoms with Gasteiger partial charge in [0.1, 0.15) is 0 Å². The lowest BCUT2D eigenvalue weighted by atomic mass is 9.82. The van der Waals surface area contributed by atoms with Gasteiger partial charge in [0, 0.05) is 31.0 Å². The van der Waals surface area contributed by atoms with Gasteiger partial charge < -0.3 is 19.5 Å². The summed E-state index contributed by atoms with van der Waals surface area (Å²) in [7, 11) is 0. The molecule has 1 aliphatic heterocycles. The summed E-state index contributed by atoms with van der Waals surface area (Å²) in [5, 5.41) is 9.38. The number of anilines is 1. The molecule has 1 saturated heterocycles. The number of piperidine rings is 1. The van der Waals surface area contributed by atoms with E-state index >= 15 is 0 Å². The van der Waals surface area contributed by atoms with Crippen LogP contribution in [0.15, 0.2) is 4.47 Å². The molecule has 1 fully saturated rings. The summed E-state index contributed by atoms with van der Waals surface area (Å²) in [5.74, 6) is -0.842. The first-order chi connectivity index (χ1) is 12.7. The molecule has 0 unspecified atom stereocenters. The fourth-order valence-electron chi connectivity index (χ4n) is 3.31. The molecule has 0 amide bonds. The Kier molecular flexibility index (Phi) is 8.06. The first kappa shape index (κ1) is 22.1. The molecule has 0 aliphatic carbocycles. The highest BCUT2D eigenvalue weighted by atomic mass is 79.9. The number of nitrogens with zero attached hydrogens (tertiary/aromatic N) is 2. The summed E-state index contributed by atoms with van der Waals surface area (Å²) >= 11 is 3.69. The van der Waals surface area contributed by atoms with Crippen molar-refractivity contribution in [2.45, 2.75) is 53.6 Å². The minimum absolute atomic E-state index is 0.0296. The molecule has 2 rings (SSSR count). The molecule has 1 aromatic rings. The number of carbonyl (C=O) groups is 1. The molecule has 0 saturated carbocycles. The van der Waals surface area contributed by atoms with Gasteiger partial charge in [-0.3, -0.25) is 9.78 Å². The lowest BCUT2D eigenvalue weighted by Gasteiger charge is -2.39. The molecular weight excluding hydrogens is 412 g/mol. The molecule has 0 bridgehead atoms. The van der Waals surface area contributed by atoms with Gasteiger partial charge in [0.25, 0.3) is 0 Å². The van der Waals surface area contributed by atoms with Gasteiger partial charge in [-0.05, 0) is 48.0 Å². The Hall–Kier alpha value is -1.18. The van der Waals surface area contributed by atoms with Crippen molar-refractivity contribution >= 4 is 27.6 Å². The van der Waals surface area contributed by atoms with E-state index in [1.807, 2.05) is 13.8 Å². The Morgan fingerprint density at radius 1 is 1.26 bits per heavy atom.